The third-order valence-corrected chi connectivity index (χ3v) is 3.29. The van der Waals surface area contributed by atoms with Crippen molar-refractivity contribution in [2.75, 3.05) is 38.6 Å². The normalized spacial score (nSPS) is 18.8. The van der Waals surface area contributed by atoms with Crippen LogP contribution in [0.1, 0.15) is 23.3 Å². The van der Waals surface area contributed by atoms with Crippen molar-refractivity contribution in [1.29, 1.82) is 0 Å². The molecule has 19 heavy (non-hydrogen) atoms. The Balaban J connectivity index is 1.97. The van der Waals surface area contributed by atoms with Gasteiger partial charge in [-0.1, -0.05) is 0 Å². The quantitative estimate of drug-likeness (QED) is 0.810. The lowest BCUT2D eigenvalue weighted by Gasteiger charge is -2.38. The minimum absolute atomic E-state index is 0.0934. The molecule has 106 valence electrons. The lowest BCUT2D eigenvalue weighted by molar-refractivity contribution is -0.00598. The van der Waals surface area contributed by atoms with E-state index in [1.165, 1.54) is 0 Å². The smallest absolute Gasteiger partial charge is 0.357 e. The van der Waals surface area contributed by atoms with Crippen molar-refractivity contribution >= 4 is 12.0 Å². The van der Waals surface area contributed by atoms with E-state index < -0.39 is 11.6 Å². The number of carboxylic acids is 1. The van der Waals surface area contributed by atoms with E-state index in [4.69, 9.17) is 9.52 Å². The van der Waals surface area contributed by atoms with Crippen molar-refractivity contribution in [2.24, 2.45) is 0 Å². The van der Waals surface area contributed by atoms with Crippen molar-refractivity contribution in [1.82, 2.24) is 9.88 Å². The van der Waals surface area contributed by atoms with E-state index in [0.29, 0.717) is 38.5 Å². The van der Waals surface area contributed by atoms with Crippen LogP contribution in [0.2, 0.25) is 0 Å². The SMILES string of the molecule is CN(C)CC1(O)CCN(c2nc(C(=O)O)co2)CC1. The average molecular weight is 269 g/mol. The molecular formula is C12H19N3O4. The fourth-order valence-electron chi connectivity index (χ4n) is 2.37. The van der Waals surface area contributed by atoms with Crippen LogP contribution in [-0.2, 0) is 0 Å². The van der Waals surface area contributed by atoms with Crippen molar-refractivity contribution in [2.45, 2.75) is 18.4 Å². The van der Waals surface area contributed by atoms with Crippen LogP contribution in [-0.4, -0.2) is 65.4 Å². The van der Waals surface area contributed by atoms with Gasteiger partial charge >= 0.3 is 5.97 Å². The van der Waals surface area contributed by atoms with Crippen LogP contribution in [0.4, 0.5) is 6.01 Å². The van der Waals surface area contributed by atoms with E-state index in [9.17, 15) is 9.90 Å². The van der Waals surface area contributed by atoms with Crippen LogP contribution in [0.5, 0.6) is 0 Å². The molecule has 0 aliphatic carbocycles. The predicted octanol–water partition coefficient (Wildman–Crippen LogP) is 0.266. The highest BCUT2D eigenvalue weighted by Crippen LogP contribution is 2.26. The lowest BCUT2D eigenvalue weighted by Crippen LogP contribution is -2.49. The predicted molar refractivity (Wildman–Crippen MR) is 68.4 cm³/mol. The fraction of sp³-hybridized carbons (Fsp3) is 0.667. The zero-order valence-corrected chi connectivity index (χ0v) is 11.2. The van der Waals surface area contributed by atoms with Gasteiger partial charge in [-0.05, 0) is 26.9 Å². The van der Waals surface area contributed by atoms with Gasteiger partial charge in [-0.3, -0.25) is 0 Å². The summed E-state index contributed by atoms with van der Waals surface area (Å²) in [5, 5.41) is 19.2. The van der Waals surface area contributed by atoms with Gasteiger partial charge < -0.3 is 24.4 Å². The average Bonchev–Trinajstić information content (AvgIpc) is 2.77. The number of aromatic carboxylic acids is 1. The van der Waals surface area contributed by atoms with Crippen molar-refractivity contribution in [3.63, 3.8) is 0 Å². The van der Waals surface area contributed by atoms with Gasteiger partial charge in [0.15, 0.2) is 5.69 Å². The standard InChI is InChI=1S/C12H19N3O4/c1-14(2)8-12(18)3-5-15(6-4-12)11-13-9(7-19-11)10(16)17/h7,18H,3-6,8H2,1-2H3,(H,16,17). The molecule has 0 saturated carbocycles. The monoisotopic (exact) mass is 269 g/mol. The van der Waals surface area contributed by atoms with Gasteiger partial charge in [0.1, 0.15) is 6.26 Å². The molecule has 0 radical (unpaired) electrons. The number of aliphatic hydroxyl groups is 1. The van der Waals surface area contributed by atoms with E-state index in [0.717, 1.165) is 6.26 Å². The molecule has 2 N–H and O–H groups in total. The topological polar surface area (TPSA) is 90.0 Å². The Kier molecular flexibility index (Phi) is 3.77. The van der Waals surface area contributed by atoms with Crippen LogP contribution >= 0.6 is 0 Å². The Labute approximate surface area is 111 Å². The van der Waals surface area contributed by atoms with Gasteiger partial charge in [0.25, 0.3) is 6.01 Å². The molecule has 1 aromatic heterocycles. The van der Waals surface area contributed by atoms with Crippen LogP contribution in [0.3, 0.4) is 0 Å². The maximum atomic E-state index is 10.7. The largest absolute Gasteiger partial charge is 0.476 e. The van der Waals surface area contributed by atoms with E-state index in [1.54, 1.807) is 0 Å². The van der Waals surface area contributed by atoms with Crippen LogP contribution in [0, 0.1) is 0 Å². The lowest BCUT2D eigenvalue weighted by atomic mass is 9.91. The summed E-state index contributed by atoms with van der Waals surface area (Å²) in [6.45, 7) is 1.82. The van der Waals surface area contributed by atoms with Crippen molar-refractivity contribution < 1.29 is 19.4 Å². The number of hydrogen-bond acceptors (Lipinski definition) is 6. The second kappa shape index (κ2) is 5.18. The maximum Gasteiger partial charge on any atom is 0.357 e. The van der Waals surface area contributed by atoms with Gasteiger partial charge in [0, 0.05) is 19.6 Å². The first kappa shape index (κ1) is 13.8. The summed E-state index contributed by atoms with van der Waals surface area (Å²) in [5.74, 6) is -1.10. The molecule has 7 nitrogen and oxygen atoms in total. The third-order valence-electron chi connectivity index (χ3n) is 3.29. The Morgan fingerprint density at radius 3 is 2.63 bits per heavy atom. The Morgan fingerprint density at radius 2 is 2.16 bits per heavy atom. The Hall–Kier alpha value is -1.60. The molecule has 0 amide bonds. The summed E-state index contributed by atoms with van der Waals surface area (Å²) >= 11 is 0. The molecule has 0 spiro atoms. The first-order valence-corrected chi connectivity index (χ1v) is 6.20. The third kappa shape index (κ3) is 3.24. The van der Waals surface area contributed by atoms with E-state index >= 15 is 0 Å². The van der Waals surface area contributed by atoms with Gasteiger partial charge in [-0.15, -0.1) is 0 Å². The first-order chi connectivity index (χ1) is 8.89. The van der Waals surface area contributed by atoms with Gasteiger partial charge in [-0.25, -0.2) is 4.79 Å². The number of rotatable bonds is 4. The second-order valence-corrected chi connectivity index (χ2v) is 5.27. The molecule has 1 aromatic rings. The molecule has 0 aromatic carbocycles. The molecule has 1 fully saturated rings. The summed E-state index contributed by atoms with van der Waals surface area (Å²) in [7, 11) is 3.86. The molecule has 0 atom stereocenters. The molecule has 0 bridgehead atoms. The highest BCUT2D eigenvalue weighted by Gasteiger charge is 2.34. The number of carbonyl (C=O) groups is 1. The highest BCUT2D eigenvalue weighted by molar-refractivity contribution is 5.85. The minimum Gasteiger partial charge on any atom is -0.476 e. The highest BCUT2D eigenvalue weighted by atomic mass is 16.4. The first-order valence-electron chi connectivity index (χ1n) is 6.20. The maximum absolute atomic E-state index is 10.7. The molecule has 1 aliphatic heterocycles. The van der Waals surface area contributed by atoms with Crippen LogP contribution in [0.25, 0.3) is 0 Å². The summed E-state index contributed by atoms with van der Waals surface area (Å²) in [5.41, 5.74) is -0.786. The molecule has 0 unspecified atom stereocenters. The number of oxazole rings is 1. The molecule has 7 heteroatoms. The van der Waals surface area contributed by atoms with Gasteiger partial charge in [0.05, 0.1) is 5.60 Å². The van der Waals surface area contributed by atoms with E-state index in [1.807, 2.05) is 23.9 Å². The zero-order valence-electron chi connectivity index (χ0n) is 11.2. The molecular weight excluding hydrogens is 250 g/mol. The van der Waals surface area contributed by atoms with Crippen molar-refractivity contribution in [3.05, 3.63) is 12.0 Å². The number of piperidine rings is 1. The van der Waals surface area contributed by atoms with Crippen LogP contribution in [0.15, 0.2) is 10.7 Å². The van der Waals surface area contributed by atoms with Crippen LogP contribution < -0.4 is 4.90 Å². The molecule has 2 rings (SSSR count). The molecule has 1 saturated heterocycles. The van der Waals surface area contributed by atoms with E-state index in [2.05, 4.69) is 4.98 Å². The summed E-state index contributed by atoms with van der Waals surface area (Å²) < 4.78 is 5.16. The van der Waals surface area contributed by atoms with Crippen molar-refractivity contribution in [3.8, 4) is 0 Å². The van der Waals surface area contributed by atoms with Gasteiger partial charge in [0.2, 0.25) is 0 Å². The summed E-state index contributed by atoms with van der Waals surface area (Å²) in [4.78, 5) is 18.5. The van der Waals surface area contributed by atoms with E-state index in [-0.39, 0.29) is 5.69 Å². The second-order valence-electron chi connectivity index (χ2n) is 5.27. The number of anilines is 1. The number of carboxylic acid groups (broad SMARTS) is 1. The number of nitrogens with zero attached hydrogens (tertiary/aromatic N) is 3. The Bertz CT molecular complexity index is 450. The number of aromatic nitrogens is 1. The summed E-state index contributed by atoms with van der Waals surface area (Å²) in [6.07, 6.45) is 2.35. The number of likely N-dealkylation sites (N-methyl/N-ethyl adjacent to an activating group) is 1. The summed E-state index contributed by atoms with van der Waals surface area (Å²) in [6, 6.07) is 0.310. The number of hydrogen-bond donors (Lipinski definition) is 2. The molecule has 2 heterocycles. The fourth-order valence-corrected chi connectivity index (χ4v) is 2.37. The molecule has 1 aliphatic rings. The van der Waals surface area contributed by atoms with Gasteiger partial charge in [-0.2, -0.15) is 4.98 Å². The minimum atomic E-state index is -1.10. The zero-order chi connectivity index (χ0) is 14.0. The Morgan fingerprint density at radius 1 is 1.53 bits per heavy atom.